The fourth-order valence-electron chi connectivity index (χ4n) is 3.77. The van der Waals surface area contributed by atoms with Gasteiger partial charge in [0.25, 0.3) is 18.2 Å². The normalized spacial score (nSPS) is 17.9. The number of amides is 3. The van der Waals surface area contributed by atoms with Crippen molar-refractivity contribution in [3.05, 3.63) is 18.2 Å². The number of morpholine rings is 1. The summed E-state index contributed by atoms with van der Waals surface area (Å²) in [4.78, 5) is 39.2. The molecule has 3 N–H and O–H groups in total. The van der Waals surface area contributed by atoms with Crippen LogP contribution in [0.4, 0.5) is 28.9 Å². The molecule has 2 aliphatic rings. The number of alkyl halides is 4. The van der Waals surface area contributed by atoms with Crippen LogP contribution < -0.4 is 20.7 Å². The first kappa shape index (κ1) is 24.7. The van der Waals surface area contributed by atoms with E-state index < -0.39 is 55.1 Å². The van der Waals surface area contributed by atoms with Gasteiger partial charge in [-0.2, -0.15) is 8.78 Å². The predicted molar refractivity (Wildman–Crippen MR) is 108 cm³/mol. The number of halogens is 4. The second-order valence-electron chi connectivity index (χ2n) is 7.63. The van der Waals surface area contributed by atoms with Crippen LogP contribution in [0.5, 0.6) is 5.75 Å². The molecule has 0 unspecified atom stereocenters. The molecule has 1 aromatic carbocycles. The molecule has 0 bridgehead atoms. The van der Waals surface area contributed by atoms with E-state index in [-0.39, 0.29) is 31.1 Å². The first-order valence-electron chi connectivity index (χ1n) is 10.3. The molecule has 1 heterocycles. The number of anilines is 2. The number of hydrogen-bond donors (Lipinski definition) is 2. The summed E-state index contributed by atoms with van der Waals surface area (Å²) in [6.45, 7) is -3.96. The van der Waals surface area contributed by atoms with Crippen molar-refractivity contribution in [3.8, 4) is 5.75 Å². The maximum atomic E-state index is 13.1. The van der Waals surface area contributed by atoms with Crippen LogP contribution in [0.2, 0.25) is 0 Å². The number of benzene rings is 1. The van der Waals surface area contributed by atoms with Gasteiger partial charge in [-0.15, -0.1) is 0 Å². The largest absolute Gasteiger partial charge is 0.433 e. The summed E-state index contributed by atoms with van der Waals surface area (Å²) < 4.78 is 61.7. The first-order chi connectivity index (χ1) is 15.7. The molecule has 13 heteroatoms. The number of rotatable bonds is 10. The number of nitrogens with zero attached hydrogens (tertiary/aromatic N) is 2. The average Bonchev–Trinajstić information content (AvgIpc) is 2.66. The van der Waals surface area contributed by atoms with Crippen LogP contribution in [0, 0.1) is 0 Å². The minimum Gasteiger partial charge on any atom is -0.433 e. The van der Waals surface area contributed by atoms with Crippen LogP contribution >= 0.6 is 0 Å². The van der Waals surface area contributed by atoms with Crippen molar-refractivity contribution in [2.45, 2.75) is 44.4 Å². The second kappa shape index (κ2) is 10.8. The Morgan fingerprint density at radius 1 is 1.27 bits per heavy atom. The number of carbonyl (C=O) groups is 3. The quantitative estimate of drug-likeness (QED) is 0.392. The van der Waals surface area contributed by atoms with Gasteiger partial charge in [0, 0.05) is 24.3 Å². The lowest BCUT2D eigenvalue weighted by molar-refractivity contribution is -0.136. The Balaban J connectivity index is 1.84. The highest BCUT2D eigenvalue weighted by atomic mass is 19.3. The van der Waals surface area contributed by atoms with Crippen molar-refractivity contribution in [3.63, 3.8) is 0 Å². The standard InChI is InChI=1S/C20H24F4N4O5/c21-15(22)9-28(12-2-1-3-12)17(18(25)30)19(31)26-11-4-5-13(14(8-11)33-20(23)24)27-6-7-32-10-16(27)29/h4-5,8,12,15,17,20H,1-3,6-7,9-10H2,(H2,25,30)(H,26,31)/t17-/m0/s1. The summed E-state index contributed by atoms with van der Waals surface area (Å²) in [7, 11) is 0. The molecule has 0 spiro atoms. The van der Waals surface area contributed by atoms with Crippen molar-refractivity contribution in [2.75, 3.05) is 36.5 Å². The summed E-state index contributed by atoms with van der Waals surface area (Å²) in [6.07, 6.45) is -0.943. The van der Waals surface area contributed by atoms with Crippen molar-refractivity contribution >= 4 is 29.1 Å². The maximum absolute atomic E-state index is 13.1. The molecular formula is C20H24F4N4O5. The van der Waals surface area contributed by atoms with Crippen LogP contribution in [0.25, 0.3) is 0 Å². The third kappa shape index (κ3) is 6.11. The summed E-state index contributed by atoms with van der Waals surface area (Å²) in [5.74, 6) is -2.95. The molecular weight excluding hydrogens is 452 g/mol. The monoisotopic (exact) mass is 476 g/mol. The molecule has 9 nitrogen and oxygen atoms in total. The highest BCUT2D eigenvalue weighted by molar-refractivity contribution is 6.10. The molecule has 0 aromatic heterocycles. The molecule has 1 saturated heterocycles. The first-order valence-corrected chi connectivity index (χ1v) is 10.3. The Kier molecular flexibility index (Phi) is 8.08. The molecule has 182 valence electrons. The van der Waals surface area contributed by atoms with Gasteiger partial charge in [-0.05, 0) is 25.0 Å². The summed E-state index contributed by atoms with van der Waals surface area (Å²) in [6, 6.07) is 1.59. The highest BCUT2D eigenvalue weighted by Gasteiger charge is 2.39. The lowest BCUT2D eigenvalue weighted by atomic mass is 9.90. The summed E-state index contributed by atoms with van der Waals surface area (Å²) in [5.41, 5.74) is 5.35. The van der Waals surface area contributed by atoms with Gasteiger partial charge < -0.3 is 25.4 Å². The van der Waals surface area contributed by atoms with Gasteiger partial charge in [0.1, 0.15) is 6.61 Å². The molecule has 1 aromatic rings. The van der Waals surface area contributed by atoms with Gasteiger partial charge >= 0.3 is 6.61 Å². The number of hydrogen-bond acceptors (Lipinski definition) is 6. The second-order valence-corrected chi connectivity index (χ2v) is 7.63. The molecule has 3 rings (SSSR count). The van der Waals surface area contributed by atoms with Crippen molar-refractivity contribution in [2.24, 2.45) is 5.73 Å². The van der Waals surface area contributed by atoms with Crippen LogP contribution in [0.3, 0.4) is 0 Å². The minimum atomic E-state index is -3.22. The van der Waals surface area contributed by atoms with E-state index in [1.807, 2.05) is 0 Å². The van der Waals surface area contributed by atoms with E-state index in [2.05, 4.69) is 10.1 Å². The van der Waals surface area contributed by atoms with Crippen molar-refractivity contribution < 1.29 is 41.4 Å². The van der Waals surface area contributed by atoms with E-state index in [0.29, 0.717) is 12.8 Å². The topological polar surface area (TPSA) is 114 Å². The van der Waals surface area contributed by atoms with Gasteiger partial charge in [-0.1, -0.05) is 6.42 Å². The molecule has 33 heavy (non-hydrogen) atoms. The Bertz CT molecular complexity index is 884. The predicted octanol–water partition coefficient (Wildman–Crippen LogP) is 1.56. The van der Waals surface area contributed by atoms with E-state index >= 15 is 0 Å². The van der Waals surface area contributed by atoms with Gasteiger partial charge in [0.05, 0.1) is 18.8 Å². The Morgan fingerprint density at radius 3 is 2.55 bits per heavy atom. The number of nitrogens with one attached hydrogen (secondary N) is 1. The Labute approximate surface area is 186 Å². The Hall–Kier alpha value is -2.93. The molecule has 1 saturated carbocycles. The lowest BCUT2D eigenvalue weighted by Crippen LogP contribution is -2.58. The van der Waals surface area contributed by atoms with E-state index in [1.54, 1.807) is 0 Å². The number of nitrogens with two attached hydrogens (primary N) is 1. The van der Waals surface area contributed by atoms with E-state index in [9.17, 15) is 31.9 Å². The third-order valence-corrected chi connectivity index (χ3v) is 5.46. The van der Waals surface area contributed by atoms with Crippen molar-refractivity contribution in [1.29, 1.82) is 0 Å². The molecule has 1 aliphatic heterocycles. The Morgan fingerprint density at radius 2 is 2.00 bits per heavy atom. The third-order valence-electron chi connectivity index (χ3n) is 5.46. The number of carbonyl (C=O) groups excluding carboxylic acids is 3. The van der Waals surface area contributed by atoms with Crippen LogP contribution in [-0.2, 0) is 19.1 Å². The summed E-state index contributed by atoms with van der Waals surface area (Å²) >= 11 is 0. The van der Waals surface area contributed by atoms with Crippen LogP contribution in [-0.4, -0.2) is 74.0 Å². The fraction of sp³-hybridized carbons (Fsp3) is 0.550. The highest BCUT2D eigenvalue weighted by Crippen LogP contribution is 2.34. The lowest BCUT2D eigenvalue weighted by Gasteiger charge is -2.40. The van der Waals surface area contributed by atoms with E-state index in [1.165, 1.54) is 17.0 Å². The molecule has 1 atom stereocenters. The maximum Gasteiger partial charge on any atom is 0.387 e. The van der Waals surface area contributed by atoms with Gasteiger partial charge in [-0.3, -0.25) is 19.3 Å². The van der Waals surface area contributed by atoms with Crippen molar-refractivity contribution in [1.82, 2.24) is 4.90 Å². The minimum absolute atomic E-state index is 0.0434. The van der Waals surface area contributed by atoms with E-state index in [0.717, 1.165) is 17.4 Å². The zero-order valence-electron chi connectivity index (χ0n) is 17.5. The molecule has 1 aliphatic carbocycles. The average molecular weight is 476 g/mol. The van der Waals surface area contributed by atoms with Gasteiger partial charge in [-0.25, -0.2) is 8.78 Å². The SMILES string of the molecule is NC(=O)[C@@H](C(=O)Nc1ccc(N2CCOCC2=O)c(OC(F)F)c1)N(CC(F)F)C1CCC1. The smallest absolute Gasteiger partial charge is 0.387 e. The molecule has 0 radical (unpaired) electrons. The zero-order chi connectivity index (χ0) is 24.1. The summed E-state index contributed by atoms with van der Waals surface area (Å²) in [5, 5.41) is 2.36. The van der Waals surface area contributed by atoms with E-state index in [4.69, 9.17) is 10.5 Å². The van der Waals surface area contributed by atoms with Crippen LogP contribution in [0.1, 0.15) is 19.3 Å². The number of primary amides is 1. The molecule has 3 amide bonds. The van der Waals surface area contributed by atoms with Gasteiger partial charge in [0.15, 0.2) is 11.8 Å². The fourth-order valence-corrected chi connectivity index (χ4v) is 3.77. The van der Waals surface area contributed by atoms with Crippen LogP contribution in [0.15, 0.2) is 18.2 Å². The number of ether oxygens (including phenoxy) is 2. The molecule has 2 fully saturated rings. The zero-order valence-corrected chi connectivity index (χ0v) is 17.5. The van der Waals surface area contributed by atoms with Gasteiger partial charge in [0.2, 0.25) is 5.91 Å².